The molecule has 2 aromatic carbocycles. The molecular formula is C18H12F3N3O5S. The molecule has 3 rings (SSSR count). The minimum Gasteiger partial charge on any atom is -0.500 e. The van der Waals surface area contributed by atoms with Crippen molar-refractivity contribution in [1.29, 1.82) is 0 Å². The topological polar surface area (TPSA) is 114 Å². The van der Waals surface area contributed by atoms with Crippen LogP contribution in [0.25, 0.3) is 6.08 Å². The Bertz CT molecular complexity index is 1100. The second-order valence-corrected chi connectivity index (χ2v) is 6.91. The maximum absolute atomic E-state index is 12.8. The summed E-state index contributed by atoms with van der Waals surface area (Å²) in [7, 11) is 1.21. The van der Waals surface area contributed by atoms with E-state index in [4.69, 9.17) is 4.74 Å². The minimum absolute atomic E-state index is 0.00387. The van der Waals surface area contributed by atoms with E-state index >= 15 is 0 Å². The monoisotopic (exact) mass is 439 g/mol. The lowest BCUT2D eigenvalue weighted by Gasteiger charge is -2.06. The summed E-state index contributed by atoms with van der Waals surface area (Å²) in [6.45, 7) is 0. The van der Waals surface area contributed by atoms with E-state index in [2.05, 4.69) is 10.3 Å². The Hall–Kier alpha value is -3.54. The number of methoxy groups -OCH3 is 1. The Kier molecular flexibility index (Phi) is 5.69. The number of aliphatic imine (C=N–C) groups is 1. The summed E-state index contributed by atoms with van der Waals surface area (Å²) in [6.07, 6.45) is -3.22. The largest absolute Gasteiger partial charge is 0.500 e. The van der Waals surface area contributed by atoms with E-state index in [0.717, 1.165) is 30.0 Å². The Morgan fingerprint density at radius 1 is 1.30 bits per heavy atom. The van der Waals surface area contributed by atoms with Gasteiger partial charge in [-0.15, -0.1) is 0 Å². The van der Waals surface area contributed by atoms with Crippen LogP contribution < -0.4 is 10.1 Å². The molecule has 0 spiro atoms. The summed E-state index contributed by atoms with van der Waals surface area (Å²) < 4.78 is 43.4. The molecule has 0 unspecified atom stereocenters. The number of phenols is 1. The summed E-state index contributed by atoms with van der Waals surface area (Å²) >= 11 is 0.850. The Morgan fingerprint density at radius 2 is 2.03 bits per heavy atom. The number of amidine groups is 1. The van der Waals surface area contributed by atoms with Crippen LogP contribution in [0.5, 0.6) is 11.5 Å². The fourth-order valence-electron chi connectivity index (χ4n) is 2.49. The number of amides is 1. The number of nitrogens with one attached hydrogen (secondary N) is 1. The molecule has 2 aromatic rings. The van der Waals surface area contributed by atoms with Gasteiger partial charge in [0, 0.05) is 6.07 Å². The molecule has 0 aliphatic carbocycles. The minimum atomic E-state index is -4.53. The number of hydrogen-bond donors (Lipinski definition) is 2. The number of ether oxygens (including phenoxy) is 1. The summed E-state index contributed by atoms with van der Waals surface area (Å²) in [5.74, 6) is -1.39. The molecule has 1 heterocycles. The first-order valence-electron chi connectivity index (χ1n) is 8.10. The molecular weight excluding hydrogens is 427 g/mol. The van der Waals surface area contributed by atoms with Crippen LogP contribution >= 0.6 is 11.8 Å². The van der Waals surface area contributed by atoms with E-state index < -0.39 is 34.0 Å². The average molecular weight is 439 g/mol. The van der Waals surface area contributed by atoms with E-state index in [9.17, 15) is 33.2 Å². The van der Waals surface area contributed by atoms with Crippen LogP contribution in [-0.2, 0) is 11.0 Å². The molecule has 12 heteroatoms. The van der Waals surface area contributed by atoms with Crippen molar-refractivity contribution in [3.63, 3.8) is 0 Å². The van der Waals surface area contributed by atoms with Gasteiger partial charge in [0.25, 0.3) is 5.91 Å². The Morgan fingerprint density at radius 3 is 2.67 bits per heavy atom. The molecule has 0 radical (unpaired) electrons. The van der Waals surface area contributed by atoms with Crippen LogP contribution in [0, 0.1) is 10.1 Å². The van der Waals surface area contributed by atoms with Gasteiger partial charge in [0.05, 0.1) is 28.2 Å². The molecule has 30 heavy (non-hydrogen) atoms. The number of benzene rings is 2. The standard InChI is InChI=1S/C18H12F3N3O5S/c1-29-13-6-9(5-12(15(13)25)24(27)28)7-14-16(26)23-17(30-14)22-11-4-2-3-10(8-11)18(19,20)21/h2-8,25H,1H3,(H,22,23,26)/b14-7+. The summed E-state index contributed by atoms with van der Waals surface area (Å²) in [4.78, 5) is 26.6. The second kappa shape index (κ2) is 8.06. The highest BCUT2D eigenvalue weighted by atomic mass is 32.2. The van der Waals surface area contributed by atoms with Crippen molar-refractivity contribution >= 4 is 40.3 Å². The summed E-state index contributed by atoms with van der Waals surface area (Å²) in [5.41, 5.74) is -1.29. The number of nitro benzene ring substituents is 1. The molecule has 0 aromatic heterocycles. The molecule has 156 valence electrons. The molecule has 1 amide bonds. The molecule has 1 saturated heterocycles. The lowest BCUT2D eigenvalue weighted by Crippen LogP contribution is -2.19. The number of halogens is 3. The highest BCUT2D eigenvalue weighted by Crippen LogP contribution is 2.38. The SMILES string of the molecule is COc1cc(/C=C2/SC(=Nc3cccc(C(F)(F)F)c3)NC2=O)cc([N+](=O)[O-])c1O. The van der Waals surface area contributed by atoms with Crippen molar-refractivity contribution in [2.45, 2.75) is 6.18 Å². The highest BCUT2D eigenvalue weighted by Gasteiger charge is 2.31. The Labute approximate surface area is 171 Å². The van der Waals surface area contributed by atoms with Gasteiger partial charge in [0.15, 0.2) is 10.9 Å². The van der Waals surface area contributed by atoms with E-state index in [0.29, 0.717) is 0 Å². The van der Waals surface area contributed by atoms with Crippen molar-refractivity contribution in [1.82, 2.24) is 5.32 Å². The second-order valence-electron chi connectivity index (χ2n) is 5.88. The fraction of sp³-hybridized carbons (Fsp3) is 0.111. The number of nitrogens with zero attached hydrogens (tertiary/aromatic N) is 2. The maximum atomic E-state index is 12.8. The summed E-state index contributed by atoms with van der Waals surface area (Å²) in [5, 5.41) is 23.4. The zero-order chi connectivity index (χ0) is 22.1. The number of carbonyl (C=O) groups is 1. The van der Waals surface area contributed by atoms with E-state index in [1.54, 1.807) is 0 Å². The third-order valence-corrected chi connectivity index (χ3v) is 4.76. The third-order valence-electron chi connectivity index (χ3n) is 3.85. The van der Waals surface area contributed by atoms with Crippen LogP contribution in [0.2, 0.25) is 0 Å². The van der Waals surface area contributed by atoms with Crippen LogP contribution in [-0.4, -0.2) is 28.2 Å². The first-order chi connectivity index (χ1) is 14.1. The van der Waals surface area contributed by atoms with Gasteiger partial charge in [0.1, 0.15) is 0 Å². The van der Waals surface area contributed by atoms with Crippen LogP contribution in [0.15, 0.2) is 46.3 Å². The number of hydrogen-bond acceptors (Lipinski definition) is 7. The fourth-order valence-corrected chi connectivity index (χ4v) is 3.33. The van der Waals surface area contributed by atoms with Gasteiger partial charge in [0.2, 0.25) is 5.75 Å². The number of carbonyl (C=O) groups excluding carboxylic acids is 1. The molecule has 8 nitrogen and oxygen atoms in total. The van der Waals surface area contributed by atoms with E-state index in [1.165, 1.54) is 31.4 Å². The van der Waals surface area contributed by atoms with Gasteiger partial charge in [-0.1, -0.05) is 6.07 Å². The average Bonchev–Trinajstić information content (AvgIpc) is 3.01. The van der Waals surface area contributed by atoms with Crippen LogP contribution in [0.3, 0.4) is 0 Å². The van der Waals surface area contributed by atoms with Crippen molar-refractivity contribution in [3.05, 3.63) is 62.5 Å². The summed E-state index contributed by atoms with van der Waals surface area (Å²) in [6, 6.07) is 6.65. The van der Waals surface area contributed by atoms with E-state index in [1.807, 2.05) is 0 Å². The number of rotatable bonds is 4. The third kappa shape index (κ3) is 4.54. The predicted molar refractivity (Wildman–Crippen MR) is 104 cm³/mol. The molecule has 1 fully saturated rings. The molecule has 1 aliphatic heterocycles. The van der Waals surface area contributed by atoms with Crippen molar-refractivity contribution in [2.75, 3.05) is 7.11 Å². The van der Waals surface area contributed by atoms with Gasteiger partial charge >= 0.3 is 11.9 Å². The molecule has 2 N–H and O–H groups in total. The normalized spacial score (nSPS) is 16.7. The van der Waals surface area contributed by atoms with Crippen LogP contribution in [0.4, 0.5) is 24.5 Å². The van der Waals surface area contributed by atoms with Crippen LogP contribution in [0.1, 0.15) is 11.1 Å². The number of alkyl halides is 3. The quantitative estimate of drug-likeness (QED) is 0.419. The zero-order valence-electron chi connectivity index (χ0n) is 15.1. The van der Waals surface area contributed by atoms with Gasteiger partial charge in [-0.25, -0.2) is 4.99 Å². The maximum Gasteiger partial charge on any atom is 0.416 e. The van der Waals surface area contributed by atoms with Gasteiger partial charge in [-0.2, -0.15) is 13.2 Å². The number of nitro groups is 1. The lowest BCUT2D eigenvalue weighted by atomic mass is 10.1. The van der Waals surface area contributed by atoms with Gasteiger partial charge < -0.3 is 15.2 Å². The van der Waals surface area contributed by atoms with Crippen molar-refractivity contribution < 1.29 is 32.7 Å². The lowest BCUT2D eigenvalue weighted by molar-refractivity contribution is -0.386. The first-order valence-corrected chi connectivity index (χ1v) is 8.92. The first kappa shape index (κ1) is 21.2. The number of phenolic OH excluding ortho intramolecular Hbond substituents is 1. The molecule has 0 bridgehead atoms. The molecule has 0 atom stereocenters. The Balaban J connectivity index is 1.91. The smallest absolute Gasteiger partial charge is 0.416 e. The molecule has 1 aliphatic rings. The van der Waals surface area contributed by atoms with Gasteiger partial charge in [-0.05, 0) is 47.7 Å². The number of aromatic hydroxyl groups is 1. The molecule has 0 saturated carbocycles. The zero-order valence-corrected chi connectivity index (χ0v) is 15.9. The van der Waals surface area contributed by atoms with E-state index in [-0.39, 0.29) is 27.1 Å². The number of thioether (sulfide) groups is 1. The highest BCUT2D eigenvalue weighted by molar-refractivity contribution is 8.18. The van der Waals surface area contributed by atoms with Crippen molar-refractivity contribution in [2.24, 2.45) is 4.99 Å². The van der Waals surface area contributed by atoms with Crippen molar-refractivity contribution in [3.8, 4) is 11.5 Å². The van der Waals surface area contributed by atoms with Gasteiger partial charge in [-0.3, -0.25) is 14.9 Å². The predicted octanol–water partition coefficient (Wildman–Crippen LogP) is 4.22.